The Bertz CT molecular complexity index is 519. The average molecular weight is 453 g/mol. The van der Waals surface area contributed by atoms with Gasteiger partial charge in [0, 0.05) is 45.9 Å². The highest BCUT2D eigenvalue weighted by Crippen LogP contribution is 2.32. The lowest BCUT2D eigenvalue weighted by atomic mass is 9.78. The van der Waals surface area contributed by atoms with Gasteiger partial charge in [0.05, 0.1) is 31.0 Å². The van der Waals surface area contributed by atoms with Gasteiger partial charge in [0.2, 0.25) is 0 Å². The average Bonchev–Trinajstić information content (AvgIpc) is 2.80. The maximum Gasteiger partial charge on any atom is 0.112 e. The van der Waals surface area contributed by atoms with Crippen LogP contribution in [0, 0.1) is 11.8 Å². The van der Waals surface area contributed by atoms with Crippen molar-refractivity contribution in [1.82, 2.24) is 20.9 Å². The number of rotatable bonds is 8. The fourth-order valence-corrected chi connectivity index (χ4v) is 6.38. The van der Waals surface area contributed by atoms with E-state index >= 15 is 0 Å². The number of ether oxygens (including phenoxy) is 3. The summed E-state index contributed by atoms with van der Waals surface area (Å²) < 4.78 is 17.6. The molecule has 2 atom stereocenters. The number of methoxy groups -OCH3 is 1. The molecule has 7 heteroatoms. The topological polar surface area (TPSA) is 67.0 Å². The van der Waals surface area contributed by atoms with Crippen LogP contribution in [-0.2, 0) is 14.2 Å². The molecule has 0 aromatic heterocycles. The summed E-state index contributed by atoms with van der Waals surface area (Å²) in [5.74, 6) is 1.60. The van der Waals surface area contributed by atoms with Crippen molar-refractivity contribution in [2.45, 2.75) is 102 Å². The maximum absolute atomic E-state index is 6.24. The van der Waals surface area contributed by atoms with Gasteiger partial charge in [-0.05, 0) is 77.0 Å². The molecular formula is C25H48N4O3. The highest BCUT2D eigenvalue weighted by atomic mass is 16.5. The molecule has 32 heavy (non-hydrogen) atoms. The van der Waals surface area contributed by atoms with Crippen LogP contribution in [0.2, 0.25) is 0 Å². The largest absolute Gasteiger partial charge is 0.381 e. The van der Waals surface area contributed by atoms with Crippen molar-refractivity contribution in [3.05, 3.63) is 0 Å². The molecule has 0 amide bonds. The Balaban J connectivity index is 1.06. The number of hydrogen-bond donors (Lipinski definition) is 3. The molecule has 2 unspecified atom stereocenters. The molecule has 4 fully saturated rings. The first-order chi connectivity index (χ1) is 15.6. The quantitative estimate of drug-likeness (QED) is 0.522. The van der Waals surface area contributed by atoms with E-state index < -0.39 is 0 Å². The standard InChI is InChI=1S/C25H48N4O3/c1-18-16-29(17-19(2)32-18)12-13-31-24-10-6-22(7-11-24)28-25-26-14-21(15-27-25)20-4-8-23(30-3)9-5-20/h18-28H,4-17H2,1-3H3. The highest BCUT2D eigenvalue weighted by molar-refractivity contribution is 4.87. The van der Waals surface area contributed by atoms with Crippen LogP contribution in [-0.4, -0.2) is 88.1 Å². The first-order valence-corrected chi connectivity index (χ1v) is 13.3. The Morgan fingerprint density at radius 3 is 2.09 bits per heavy atom. The molecule has 4 rings (SSSR count). The molecule has 2 saturated carbocycles. The first-order valence-electron chi connectivity index (χ1n) is 13.3. The van der Waals surface area contributed by atoms with Crippen LogP contribution in [0.5, 0.6) is 0 Å². The molecule has 0 aromatic carbocycles. The van der Waals surface area contributed by atoms with E-state index in [1.54, 1.807) is 0 Å². The smallest absolute Gasteiger partial charge is 0.112 e. The van der Waals surface area contributed by atoms with E-state index in [9.17, 15) is 0 Å². The lowest BCUT2D eigenvalue weighted by molar-refractivity contribution is -0.0777. The zero-order chi connectivity index (χ0) is 22.3. The van der Waals surface area contributed by atoms with Gasteiger partial charge in [0.25, 0.3) is 0 Å². The van der Waals surface area contributed by atoms with Gasteiger partial charge in [0.1, 0.15) is 6.29 Å². The van der Waals surface area contributed by atoms with Crippen molar-refractivity contribution in [3.8, 4) is 0 Å². The van der Waals surface area contributed by atoms with Crippen LogP contribution < -0.4 is 16.0 Å². The summed E-state index contributed by atoms with van der Waals surface area (Å²) in [6, 6.07) is 0.592. The van der Waals surface area contributed by atoms with Crippen molar-refractivity contribution in [3.63, 3.8) is 0 Å². The summed E-state index contributed by atoms with van der Waals surface area (Å²) in [6.07, 6.45) is 11.7. The van der Waals surface area contributed by atoms with Gasteiger partial charge in [-0.3, -0.25) is 20.9 Å². The van der Waals surface area contributed by atoms with Gasteiger partial charge < -0.3 is 14.2 Å². The molecule has 0 aromatic rings. The maximum atomic E-state index is 6.24. The molecule has 186 valence electrons. The van der Waals surface area contributed by atoms with E-state index in [0.29, 0.717) is 30.5 Å². The van der Waals surface area contributed by atoms with Gasteiger partial charge in [0.15, 0.2) is 0 Å². The van der Waals surface area contributed by atoms with Crippen LogP contribution in [0.3, 0.4) is 0 Å². The van der Waals surface area contributed by atoms with E-state index in [-0.39, 0.29) is 6.29 Å². The van der Waals surface area contributed by atoms with Gasteiger partial charge in [-0.25, -0.2) is 0 Å². The lowest BCUT2D eigenvalue weighted by Crippen LogP contribution is -2.63. The fraction of sp³-hybridized carbons (Fsp3) is 1.00. The Hall–Kier alpha value is -0.280. The molecule has 2 aliphatic carbocycles. The second-order valence-electron chi connectivity index (χ2n) is 10.8. The lowest BCUT2D eigenvalue weighted by Gasteiger charge is -2.40. The number of nitrogens with zero attached hydrogens (tertiary/aromatic N) is 1. The van der Waals surface area contributed by atoms with Gasteiger partial charge >= 0.3 is 0 Å². The Kier molecular flexibility index (Phi) is 9.65. The summed E-state index contributed by atoms with van der Waals surface area (Å²) in [6.45, 7) is 10.5. The summed E-state index contributed by atoms with van der Waals surface area (Å²) >= 11 is 0. The fourth-order valence-electron chi connectivity index (χ4n) is 6.38. The first kappa shape index (κ1) is 24.8. The Morgan fingerprint density at radius 1 is 0.844 bits per heavy atom. The minimum absolute atomic E-state index is 0.259. The minimum atomic E-state index is 0.259. The SMILES string of the molecule is COC1CCC(C2CNC(NC3CCC(OCCN4CC(C)OC(C)C4)CC3)NC2)CC1. The second kappa shape index (κ2) is 12.4. The summed E-state index contributed by atoms with van der Waals surface area (Å²) in [4.78, 5) is 2.49. The van der Waals surface area contributed by atoms with Crippen LogP contribution in [0.1, 0.15) is 65.2 Å². The van der Waals surface area contributed by atoms with Crippen molar-refractivity contribution >= 4 is 0 Å². The van der Waals surface area contributed by atoms with Crippen LogP contribution in [0.25, 0.3) is 0 Å². The molecular weight excluding hydrogens is 404 g/mol. The molecule has 0 spiro atoms. The van der Waals surface area contributed by atoms with Crippen LogP contribution in [0.15, 0.2) is 0 Å². The highest BCUT2D eigenvalue weighted by Gasteiger charge is 2.32. The van der Waals surface area contributed by atoms with E-state index in [0.717, 1.165) is 51.2 Å². The zero-order valence-electron chi connectivity index (χ0n) is 20.7. The molecule has 3 N–H and O–H groups in total. The van der Waals surface area contributed by atoms with Crippen LogP contribution in [0.4, 0.5) is 0 Å². The van der Waals surface area contributed by atoms with E-state index in [1.807, 2.05) is 7.11 Å². The monoisotopic (exact) mass is 452 g/mol. The Labute approximate surface area is 195 Å². The summed E-state index contributed by atoms with van der Waals surface area (Å²) in [5, 5.41) is 11.3. The molecule has 0 bridgehead atoms. The van der Waals surface area contributed by atoms with Crippen molar-refractivity contribution in [1.29, 1.82) is 0 Å². The van der Waals surface area contributed by atoms with E-state index in [4.69, 9.17) is 14.2 Å². The molecule has 4 aliphatic rings. The minimum Gasteiger partial charge on any atom is -0.381 e. The zero-order valence-corrected chi connectivity index (χ0v) is 20.7. The second-order valence-corrected chi connectivity index (χ2v) is 10.8. The molecule has 2 aliphatic heterocycles. The predicted octanol–water partition coefficient (Wildman–Crippen LogP) is 2.31. The van der Waals surface area contributed by atoms with Gasteiger partial charge in [-0.15, -0.1) is 0 Å². The predicted molar refractivity (Wildman–Crippen MR) is 128 cm³/mol. The van der Waals surface area contributed by atoms with Crippen LogP contribution >= 0.6 is 0 Å². The third kappa shape index (κ3) is 7.36. The van der Waals surface area contributed by atoms with Gasteiger partial charge in [-0.2, -0.15) is 0 Å². The third-order valence-electron chi connectivity index (χ3n) is 8.22. The summed E-state index contributed by atoms with van der Waals surface area (Å²) in [7, 11) is 1.86. The number of nitrogens with one attached hydrogen (secondary N) is 3. The normalized spacial score (nSPS) is 42.1. The number of hydrogen-bond acceptors (Lipinski definition) is 7. The molecule has 2 saturated heterocycles. The van der Waals surface area contributed by atoms with E-state index in [1.165, 1.54) is 51.4 Å². The third-order valence-corrected chi connectivity index (χ3v) is 8.22. The van der Waals surface area contributed by atoms with Crippen molar-refractivity contribution in [2.75, 3.05) is 46.4 Å². The molecule has 0 radical (unpaired) electrons. The Morgan fingerprint density at radius 2 is 1.47 bits per heavy atom. The summed E-state index contributed by atoms with van der Waals surface area (Å²) in [5.41, 5.74) is 0. The molecule has 7 nitrogen and oxygen atoms in total. The van der Waals surface area contributed by atoms with Crippen molar-refractivity contribution in [2.24, 2.45) is 11.8 Å². The van der Waals surface area contributed by atoms with E-state index in [2.05, 4.69) is 34.7 Å². The number of morpholine rings is 1. The van der Waals surface area contributed by atoms with Gasteiger partial charge in [-0.1, -0.05) is 0 Å². The molecule has 2 heterocycles. The van der Waals surface area contributed by atoms with Crippen molar-refractivity contribution < 1.29 is 14.2 Å².